The molecule has 1 aromatic rings. The molecule has 1 aromatic carbocycles. The molecule has 4 nitrogen and oxygen atoms in total. The fourth-order valence-electron chi connectivity index (χ4n) is 3.51. The second-order valence-electron chi connectivity index (χ2n) is 5.90. The molecule has 2 aliphatic rings. The lowest BCUT2D eigenvalue weighted by Gasteiger charge is -2.18. The first-order valence-electron chi connectivity index (χ1n) is 7.26. The maximum Gasteiger partial charge on any atom is 0.227 e. The molecule has 1 heterocycles. The molecule has 0 spiro atoms. The van der Waals surface area contributed by atoms with Gasteiger partial charge in [-0.05, 0) is 36.5 Å². The molecule has 2 fully saturated rings. The molecular weight excluding hydrogens is 254 g/mol. The van der Waals surface area contributed by atoms with Gasteiger partial charge in [0.1, 0.15) is 5.75 Å². The predicted molar refractivity (Wildman–Crippen MR) is 75.5 cm³/mol. The van der Waals surface area contributed by atoms with Gasteiger partial charge in [0.2, 0.25) is 5.91 Å². The molecular formula is C16H21NO3. The second kappa shape index (κ2) is 5.44. The van der Waals surface area contributed by atoms with Crippen molar-refractivity contribution in [2.24, 2.45) is 11.8 Å². The van der Waals surface area contributed by atoms with Gasteiger partial charge in [0.05, 0.1) is 19.6 Å². The van der Waals surface area contributed by atoms with Crippen LogP contribution in [0.3, 0.4) is 0 Å². The van der Waals surface area contributed by atoms with Crippen molar-refractivity contribution in [1.82, 2.24) is 4.90 Å². The quantitative estimate of drug-likeness (QED) is 0.908. The number of carbonyl (C=O) groups excluding carboxylic acids is 1. The van der Waals surface area contributed by atoms with Gasteiger partial charge in [0.15, 0.2) is 0 Å². The number of nitrogens with zero attached hydrogens (tertiary/aromatic N) is 1. The fourth-order valence-corrected chi connectivity index (χ4v) is 3.51. The third-order valence-electron chi connectivity index (χ3n) is 4.66. The van der Waals surface area contributed by atoms with Crippen molar-refractivity contribution in [3.8, 4) is 5.75 Å². The number of hydrogen-bond donors (Lipinski definition) is 1. The summed E-state index contributed by atoms with van der Waals surface area (Å²) in [6, 6.07) is 7.64. The zero-order valence-electron chi connectivity index (χ0n) is 11.8. The van der Waals surface area contributed by atoms with E-state index < -0.39 is 0 Å². The van der Waals surface area contributed by atoms with E-state index in [2.05, 4.69) is 0 Å². The van der Waals surface area contributed by atoms with Gasteiger partial charge in [-0.3, -0.25) is 4.79 Å². The molecule has 1 saturated heterocycles. The van der Waals surface area contributed by atoms with E-state index in [4.69, 9.17) is 4.74 Å². The summed E-state index contributed by atoms with van der Waals surface area (Å²) in [6.07, 6.45) is 2.14. The highest BCUT2D eigenvalue weighted by Crippen LogP contribution is 2.38. The minimum atomic E-state index is -0.213. The van der Waals surface area contributed by atoms with E-state index in [1.165, 1.54) is 0 Å². The summed E-state index contributed by atoms with van der Waals surface area (Å²) in [6.45, 7) is 1.53. The van der Waals surface area contributed by atoms with Crippen LogP contribution in [0, 0.1) is 11.8 Å². The molecule has 0 radical (unpaired) electrons. The third kappa shape index (κ3) is 2.52. The van der Waals surface area contributed by atoms with E-state index >= 15 is 0 Å². The van der Waals surface area contributed by atoms with Gasteiger partial charge in [0.25, 0.3) is 0 Å². The molecule has 1 amide bonds. The maximum absolute atomic E-state index is 12.4. The van der Waals surface area contributed by atoms with Gasteiger partial charge in [-0.1, -0.05) is 12.1 Å². The van der Waals surface area contributed by atoms with Gasteiger partial charge in [-0.2, -0.15) is 0 Å². The van der Waals surface area contributed by atoms with E-state index in [0.717, 1.165) is 30.7 Å². The Morgan fingerprint density at radius 2 is 2.25 bits per heavy atom. The summed E-state index contributed by atoms with van der Waals surface area (Å²) < 4.78 is 5.18. The molecule has 0 bridgehead atoms. The lowest BCUT2D eigenvalue weighted by Crippen LogP contribution is -2.32. The van der Waals surface area contributed by atoms with E-state index in [-0.39, 0.29) is 12.0 Å². The minimum Gasteiger partial charge on any atom is -0.497 e. The van der Waals surface area contributed by atoms with Crippen LogP contribution < -0.4 is 4.74 Å². The van der Waals surface area contributed by atoms with Crippen molar-refractivity contribution in [3.05, 3.63) is 29.8 Å². The summed E-state index contributed by atoms with van der Waals surface area (Å²) in [5.74, 6) is 1.73. The van der Waals surface area contributed by atoms with Crippen molar-refractivity contribution < 1.29 is 14.6 Å². The highest BCUT2D eigenvalue weighted by molar-refractivity contribution is 5.79. The first kappa shape index (κ1) is 13.4. The molecule has 3 atom stereocenters. The molecule has 20 heavy (non-hydrogen) atoms. The van der Waals surface area contributed by atoms with Gasteiger partial charge < -0.3 is 14.7 Å². The number of fused-ring (bicyclic) bond motifs is 1. The van der Waals surface area contributed by atoms with Gasteiger partial charge in [-0.15, -0.1) is 0 Å². The summed E-state index contributed by atoms with van der Waals surface area (Å²) >= 11 is 0. The lowest BCUT2D eigenvalue weighted by atomic mass is 10.00. The zero-order chi connectivity index (χ0) is 14.1. The van der Waals surface area contributed by atoms with Gasteiger partial charge in [0, 0.05) is 19.0 Å². The molecule has 1 N–H and O–H groups in total. The molecule has 108 valence electrons. The van der Waals surface area contributed by atoms with Crippen molar-refractivity contribution in [1.29, 1.82) is 0 Å². The zero-order valence-corrected chi connectivity index (χ0v) is 11.8. The fraction of sp³-hybridized carbons (Fsp3) is 0.562. The van der Waals surface area contributed by atoms with Crippen molar-refractivity contribution in [2.75, 3.05) is 20.2 Å². The highest BCUT2D eigenvalue weighted by atomic mass is 16.5. The SMILES string of the molecule is COc1cccc(CC(=O)N2CC3CCC(O)C3C2)c1. The number of hydrogen-bond acceptors (Lipinski definition) is 3. The van der Waals surface area contributed by atoms with Crippen LogP contribution >= 0.6 is 0 Å². The standard InChI is InChI=1S/C16H21NO3/c1-20-13-4-2-3-11(7-13)8-16(19)17-9-12-5-6-15(18)14(12)10-17/h2-4,7,12,14-15,18H,5-6,8-10H2,1H3. The minimum absolute atomic E-state index is 0.153. The van der Waals surface area contributed by atoms with E-state index in [9.17, 15) is 9.90 Å². The van der Waals surface area contributed by atoms with Gasteiger partial charge >= 0.3 is 0 Å². The molecule has 3 unspecified atom stereocenters. The van der Waals surface area contributed by atoms with Crippen LogP contribution in [-0.2, 0) is 11.2 Å². The Balaban J connectivity index is 1.62. The first-order chi connectivity index (χ1) is 9.67. The normalized spacial score (nSPS) is 28.5. The summed E-state index contributed by atoms with van der Waals surface area (Å²) in [7, 11) is 1.63. The van der Waals surface area contributed by atoms with Crippen molar-refractivity contribution >= 4 is 5.91 Å². The average molecular weight is 275 g/mol. The van der Waals surface area contributed by atoms with E-state index in [1.54, 1.807) is 7.11 Å². The largest absolute Gasteiger partial charge is 0.497 e. The Kier molecular flexibility index (Phi) is 3.66. The summed E-state index contributed by atoms with van der Waals surface area (Å²) in [5.41, 5.74) is 0.979. The second-order valence-corrected chi connectivity index (χ2v) is 5.90. The topological polar surface area (TPSA) is 49.8 Å². The monoisotopic (exact) mass is 275 g/mol. The number of ether oxygens (including phenoxy) is 1. The average Bonchev–Trinajstić information content (AvgIpc) is 3.02. The Hall–Kier alpha value is -1.55. The predicted octanol–water partition coefficient (Wildman–Crippen LogP) is 1.47. The number of aliphatic hydroxyl groups excluding tert-OH is 1. The first-order valence-corrected chi connectivity index (χ1v) is 7.26. The Morgan fingerprint density at radius 3 is 3.00 bits per heavy atom. The van der Waals surface area contributed by atoms with Crippen LogP contribution in [0.25, 0.3) is 0 Å². The van der Waals surface area contributed by atoms with Crippen LogP contribution in [0.2, 0.25) is 0 Å². The van der Waals surface area contributed by atoms with Crippen LogP contribution in [0.15, 0.2) is 24.3 Å². The summed E-state index contributed by atoms with van der Waals surface area (Å²) in [4.78, 5) is 14.3. The molecule has 3 rings (SSSR count). The van der Waals surface area contributed by atoms with Crippen LogP contribution in [-0.4, -0.2) is 42.2 Å². The van der Waals surface area contributed by atoms with E-state index in [1.807, 2.05) is 29.2 Å². The molecule has 1 saturated carbocycles. The Labute approximate surface area is 119 Å². The summed E-state index contributed by atoms with van der Waals surface area (Å²) in [5, 5.41) is 9.90. The number of benzene rings is 1. The smallest absolute Gasteiger partial charge is 0.227 e. The maximum atomic E-state index is 12.4. The van der Waals surface area contributed by atoms with Gasteiger partial charge in [-0.25, -0.2) is 0 Å². The number of methoxy groups -OCH3 is 1. The number of rotatable bonds is 3. The number of carbonyl (C=O) groups is 1. The Morgan fingerprint density at radius 1 is 1.40 bits per heavy atom. The molecule has 1 aliphatic carbocycles. The van der Waals surface area contributed by atoms with Crippen molar-refractivity contribution in [2.45, 2.75) is 25.4 Å². The van der Waals surface area contributed by atoms with E-state index in [0.29, 0.717) is 24.8 Å². The highest BCUT2D eigenvalue weighted by Gasteiger charge is 2.43. The lowest BCUT2D eigenvalue weighted by molar-refractivity contribution is -0.129. The van der Waals surface area contributed by atoms with Crippen LogP contribution in [0.4, 0.5) is 0 Å². The third-order valence-corrected chi connectivity index (χ3v) is 4.66. The molecule has 4 heteroatoms. The number of likely N-dealkylation sites (tertiary alicyclic amines) is 1. The van der Waals surface area contributed by atoms with Crippen LogP contribution in [0.5, 0.6) is 5.75 Å². The Bertz CT molecular complexity index is 502. The number of aliphatic hydroxyl groups is 1. The number of amides is 1. The van der Waals surface area contributed by atoms with Crippen LogP contribution in [0.1, 0.15) is 18.4 Å². The van der Waals surface area contributed by atoms with Crippen molar-refractivity contribution in [3.63, 3.8) is 0 Å². The molecule has 0 aromatic heterocycles. The molecule has 1 aliphatic heterocycles.